The number of aromatic amines is 1. The average molecular weight is 315 g/mol. The summed E-state index contributed by atoms with van der Waals surface area (Å²) in [5, 5.41) is 18.4. The van der Waals surface area contributed by atoms with Gasteiger partial charge in [0.05, 0.1) is 18.8 Å². The fourth-order valence-electron chi connectivity index (χ4n) is 2.36. The van der Waals surface area contributed by atoms with E-state index in [4.69, 9.17) is 0 Å². The van der Waals surface area contributed by atoms with Crippen LogP contribution in [0.25, 0.3) is 0 Å². The van der Waals surface area contributed by atoms with E-state index in [1.807, 2.05) is 24.3 Å². The van der Waals surface area contributed by atoms with Crippen molar-refractivity contribution >= 4 is 5.69 Å². The number of halogens is 1. The number of hydrogen-bond acceptors (Lipinski definition) is 5. The Bertz CT molecular complexity index is 696. The molecule has 0 atom stereocenters. The topological polar surface area (TPSA) is 75.5 Å². The number of nitrogens with one attached hydrogen (secondary N) is 1. The highest BCUT2D eigenvalue weighted by atomic mass is 19.1. The minimum Gasteiger partial charge on any atom is -0.365 e. The fraction of sp³-hybridized carbons (Fsp3) is 0.333. The van der Waals surface area contributed by atoms with Crippen LogP contribution in [0.2, 0.25) is 0 Å². The van der Waals surface area contributed by atoms with Gasteiger partial charge in [0.2, 0.25) is 0 Å². The van der Waals surface area contributed by atoms with E-state index in [9.17, 15) is 4.39 Å². The first-order valence-electron chi connectivity index (χ1n) is 7.46. The number of tetrazole rings is 1. The summed E-state index contributed by atoms with van der Waals surface area (Å²) in [7, 11) is 0. The molecule has 0 saturated heterocycles. The molecule has 3 aromatic rings. The Morgan fingerprint density at radius 2 is 2.04 bits per heavy atom. The van der Waals surface area contributed by atoms with Gasteiger partial charge in [0.1, 0.15) is 6.67 Å². The number of rotatable bonds is 8. The molecule has 0 unspecified atom stereocenters. The maximum Gasteiger partial charge on any atom is 0.176 e. The molecule has 0 saturated carbocycles. The highest BCUT2D eigenvalue weighted by Gasteiger charge is 2.11. The van der Waals surface area contributed by atoms with Crippen LogP contribution in [0.5, 0.6) is 0 Å². The lowest BCUT2D eigenvalue weighted by molar-refractivity contribution is 0.425. The van der Waals surface area contributed by atoms with E-state index >= 15 is 0 Å². The number of para-hydroxylation sites is 1. The van der Waals surface area contributed by atoms with Crippen LogP contribution in [0.3, 0.4) is 0 Å². The Hall–Kier alpha value is -2.77. The Balaban J connectivity index is 1.71. The molecule has 0 radical (unpaired) electrons. The molecule has 3 rings (SSSR count). The molecule has 0 spiro atoms. The van der Waals surface area contributed by atoms with Crippen molar-refractivity contribution in [1.29, 1.82) is 0 Å². The molecule has 0 aliphatic heterocycles. The molecule has 23 heavy (non-hydrogen) atoms. The maximum absolute atomic E-state index is 12.4. The number of anilines is 1. The van der Waals surface area contributed by atoms with Crippen LogP contribution in [-0.4, -0.2) is 43.6 Å². The van der Waals surface area contributed by atoms with E-state index < -0.39 is 6.67 Å². The molecular weight excluding hydrogens is 297 g/mol. The van der Waals surface area contributed by atoms with Crippen LogP contribution in [-0.2, 0) is 19.5 Å². The highest BCUT2D eigenvalue weighted by Crippen LogP contribution is 2.16. The van der Waals surface area contributed by atoms with Gasteiger partial charge in [-0.25, -0.2) is 4.39 Å². The SMILES string of the molecule is FCCn1ccc(CN(CCc2nn[nH]n2)c2ccccc2)n1. The zero-order valence-corrected chi connectivity index (χ0v) is 12.6. The summed E-state index contributed by atoms with van der Waals surface area (Å²) in [6.07, 6.45) is 2.48. The van der Waals surface area contributed by atoms with Gasteiger partial charge in [-0.05, 0) is 18.2 Å². The first kappa shape index (κ1) is 15.1. The Labute approximate surface area is 133 Å². The molecule has 0 bridgehead atoms. The number of H-pyrrole nitrogens is 1. The summed E-state index contributed by atoms with van der Waals surface area (Å²) in [4.78, 5) is 2.19. The predicted octanol–water partition coefficient (Wildman–Crippen LogP) is 1.61. The van der Waals surface area contributed by atoms with E-state index in [1.54, 1.807) is 10.9 Å². The highest BCUT2D eigenvalue weighted by molar-refractivity contribution is 5.46. The summed E-state index contributed by atoms with van der Waals surface area (Å²) in [6.45, 7) is 1.25. The predicted molar refractivity (Wildman–Crippen MR) is 83.6 cm³/mol. The summed E-state index contributed by atoms with van der Waals surface area (Å²) < 4.78 is 14.0. The maximum atomic E-state index is 12.4. The van der Waals surface area contributed by atoms with Gasteiger partial charge >= 0.3 is 0 Å². The van der Waals surface area contributed by atoms with Crippen molar-refractivity contribution in [2.75, 3.05) is 18.1 Å². The average Bonchev–Trinajstić information content (AvgIpc) is 3.24. The summed E-state index contributed by atoms with van der Waals surface area (Å²) in [5.74, 6) is 0.675. The molecule has 0 aliphatic carbocycles. The molecule has 2 aromatic heterocycles. The third-order valence-electron chi connectivity index (χ3n) is 3.48. The number of aryl methyl sites for hydroxylation is 1. The molecule has 2 heterocycles. The van der Waals surface area contributed by atoms with Gasteiger partial charge in [0.25, 0.3) is 0 Å². The quantitative estimate of drug-likeness (QED) is 0.683. The standard InChI is InChI=1S/C15H18FN7/c16-8-11-23-10-6-13(19-23)12-22(14-4-2-1-3-5-14)9-7-15-17-20-21-18-15/h1-6,10H,7-9,11-12H2,(H,17,18,20,21). The van der Waals surface area contributed by atoms with Gasteiger partial charge in [0, 0.05) is 24.8 Å². The van der Waals surface area contributed by atoms with E-state index in [2.05, 4.69) is 42.8 Å². The molecule has 0 amide bonds. The normalized spacial score (nSPS) is 10.8. The molecule has 7 nitrogen and oxygen atoms in total. The van der Waals surface area contributed by atoms with Crippen molar-refractivity contribution in [3.05, 3.63) is 54.1 Å². The van der Waals surface area contributed by atoms with E-state index in [1.165, 1.54) is 0 Å². The molecule has 0 aliphatic rings. The van der Waals surface area contributed by atoms with Crippen molar-refractivity contribution in [2.24, 2.45) is 0 Å². The molecule has 0 fully saturated rings. The van der Waals surface area contributed by atoms with Crippen LogP contribution in [0.15, 0.2) is 42.6 Å². The van der Waals surface area contributed by atoms with Gasteiger partial charge < -0.3 is 4.90 Å². The summed E-state index contributed by atoms with van der Waals surface area (Å²) >= 11 is 0. The molecule has 120 valence electrons. The van der Waals surface area contributed by atoms with Crippen molar-refractivity contribution in [2.45, 2.75) is 19.5 Å². The van der Waals surface area contributed by atoms with Crippen molar-refractivity contribution in [1.82, 2.24) is 30.4 Å². The van der Waals surface area contributed by atoms with Crippen LogP contribution in [0.1, 0.15) is 11.5 Å². The molecule has 1 N–H and O–H groups in total. The van der Waals surface area contributed by atoms with Crippen molar-refractivity contribution < 1.29 is 4.39 Å². The van der Waals surface area contributed by atoms with E-state index in [0.29, 0.717) is 18.8 Å². The first-order chi connectivity index (χ1) is 11.3. The van der Waals surface area contributed by atoms with Crippen LogP contribution in [0, 0.1) is 0 Å². The van der Waals surface area contributed by atoms with Gasteiger partial charge in [-0.3, -0.25) is 4.68 Å². The third kappa shape index (κ3) is 4.12. The van der Waals surface area contributed by atoms with Gasteiger partial charge in [-0.1, -0.05) is 23.4 Å². The smallest absolute Gasteiger partial charge is 0.176 e. The Morgan fingerprint density at radius 1 is 1.17 bits per heavy atom. The second-order valence-electron chi connectivity index (χ2n) is 5.09. The third-order valence-corrected chi connectivity index (χ3v) is 3.48. The monoisotopic (exact) mass is 315 g/mol. The first-order valence-corrected chi connectivity index (χ1v) is 7.46. The summed E-state index contributed by atoms with van der Waals surface area (Å²) in [6, 6.07) is 12.0. The number of alkyl halides is 1. The minimum atomic E-state index is -0.415. The minimum absolute atomic E-state index is 0.286. The lowest BCUT2D eigenvalue weighted by Crippen LogP contribution is -2.26. The van der Waals surface area contributed by atoms with E-state index in [0.717, 1.165) is 17.9 Å². The Kier molecular flexibility index (Phi) is 4.92. The largest absolute Gasteiger partial charge is 0.365 e. The Morgan fingerprint density at radius 3 is 2.78 bits per heavy atom. The van der Waals surface area contributed by atoms with Crippen LogP contribution >= 0.6 is 0 Å². The van der Waals surface area contributed by atoms with Gasteiger partial charge in [-0.15, -0.1) is 10.2 Å². The lowest BCUT2D eigenvalue weighted by Gasteiger charge is -2.23. The van der Waals surface area contributed by atoms with Crippen LogP contribution < -0.4 is 4.90 Å². The second kappa shape index (κ2) is 7.48. The number of aromatic nitrogens is 6. The molecular formula is C15H18FN7. The van der Waals surface area contributed by atoms with Gasteiger partial charge in [0.15, 0.2) is 5.82 Å². The van der Waals surface area contributed by atoms with Crippen LogP contribution in [0.4, 0.5) is 10.1 Å². The zero-order chi connectivity index (χ0) is 15.9. The van der Waals surface area contributed by atoms with Crippen molar-refractivity contribution in [3.63, 3.8) is 0 Å². The zero-order valence-electron chi connectivity index (χ0n) is 12.6. The van der Waals surface area contributed by atoms with Crippen molar-refractivity contribution in [3.8, 4) is 0 Å². The molecule has 8 heteroatoms. The van der Waals surface area contributed by atoms with Gasteiger partial charge in [-0.2, -0.15) is 10.3 Å². The number of benzene rings is 1. The fourth-order valence-corrected chi connectivity index (χ4v) is 2.36. The second-order valence-corrected chi connectivity index (χ2v) is 5.09. The number of nitrogens with zero attached hydrogens (tertiary/aromatic N) is 6. The lowest BCUT2D eigenvalue weighted by atomic mass is 10.2. The molecule has 1 aromatic carbocycles. The number of hydrogen-bond donors (Lipinski definition) is 1. The van der Waals surface area contributed by atoms with E-state index in [-0.39, 0.29) is 6.54 Å². The summed E-state index contributed by atoms with van der Waals surface area (Å²) in [5.41, 5.74) is 1.99.